The number of fused-ring (bicyclic) bond motifs is 2. The number of amides is 1. The third kappa shape index (κ3) is 3.69. The van der Waals surface area contributed by atoms with Crippen molar-refractivity contribution in [2.45, 2.75) is 26.9 Å². The number of rotatable bonds is 5. The summed E-state index contributed by atoms with van der Waals surface area (Å²) >= 11 is 1.47. The van der Waals surface area contributed by atoms with Gasteiger partial charge in [0.05, 0.1) is 22.3 Å². The van der Waals surface area contributed by atoms with E-state index in [1.54, 1.807) is 35.5 Å². The summed E-state index contributed by atoms with van der Waals surface area (Å²) in [6.07, 6.45) is 3.42. The second-order valence-corrected chi connectivity index (χ2v) is 8.67. The normalized spacial score (nSPS) is 11.3. The molecule has 0 atom stereocenters. The van der Waals surface area contributed by atoms with Crippen molar-refractivity contribution >= 4 is 43.7 Å². The second-order valence-electron chi connectivity index (χ2n) is 7.69. The van der Waals surface area contributed by atoms with Gasteiger partial charge in [-0.3, -0.25) is 19.2 Å². The Morgan fingerprint density at radius 1 is 1.16 bits per heavy atom. The molecule has 0 radical (unpaired) electrons. The Labute approximate surface area is 187 Å². The monoisotopic (exact) mass is 444 g/mol. The summed E-state index contributed by atoms with van der Waals surface area (Å²) < 4.78 is 7.69. The Morgan fingerprint density at radius 2 is 2.00 bits per heavy atom. The zero-order chi connectivity index (χ0) is 22.2. The maximum absolute atomic E-state index is 13.5. The summed E-state index contributed by atoms with van der Waals surface area (Å²) in [6.45, 7) is 4.22. The number of hydrogen-bond donors (Lipinski definition) is 0. The van der Waals surface area contributed by atoms with Gasteiger partial charge >= 0.3 is 5.76 Å². The van der Waals surface area contributed by atoms with Crippen molar-refractivity contribution in [1.82, 2.24) is 14.5 Å². The number of nitrogens with zero attached hydrogens (tertiary/aromatic N) is 4. The van der Waals surface area contributed by atoms with Gasteiger partial charge in [0.1, 0.15) is 6.54 Å². The largest absolute Gasteiger partial charge is 0.420 e. The lowest BCUT2D eigenvalue weighted by atomic mass is 10.1. The Bertz CT molecular complexity index is 1500. The SMILES string of the molecule is Cc1cc(C)c2sc(N(Cc3cccnc3)C(=O)Cn3c(=O)oc4ccccc43)nc2c1. The average Bonchev–Trinajstić information content (AvgIpc) is 3.34. The molecule has 3 heterocycles. The maximum atomic E-state index is 13.5. The van der Waals surface area contributed by atoms with Gasteiger partial charge in [0, 0.05) is 12.4 Å². The first kappa shape index (κ1) is 20.1. The van der Waals surface area contributed by atoms with Crippen LogP contribution in [-0.2, 0) is 17.9 Å². The summed E-state index contributed by atoms with van der Waals surface area (Å²) in [7, 11) is 0. The molecule has 3 aromatic heterocycles. The number of para-hydroxylation sites is 2. The number of aromatic nitrogens is 3. The third-order valence-electron chi connectivity index (χ3n) is 5.27. The number of aryl methyl sites for hydroxylation is 2. The Morgan fingerprint density at radius 3 is 2.81 bits per heavy atom. The zero-order valence-electron chi connectivity index (χ0n) is 17.6. The van der Waals surface area contributed by atoms with Gasteiger partial charge in [0.15, 0.2) is 10.7 Å². The number of carbonyl (C=O) groups excluding carboxylic acids is 1. The molecule has 0 aliphatic heterocycles. The van der Waals surface area contributed by atoms with Gasteiger partial charge in [0.2, 0.25) is 5.91 Å². The first-order valence-electron chi connectivity index (χ1n) is 10.1. The Balaban J connectivity index is 1.56. The highest BCUT2D eigenvalue weighted by Gasteiger charge is 2.23. The van der Waals surface area contributed by atoms with E-state index in [0.29, 0.717) is 22.8 Å². The number of carbonyl (C=O) groups is 1. The smallest absolute Gasteiger partial charge is 0.408 e. The molecule has 0 aliphatic carbocycles. The van der Waals surface area contributed by atoms with E-state index < -0.39 is 5.76 Å². The first-order chi connectivity index (χ1) is 15.5. The fourth-order valence-electron chi connectivity index (χ4n) is 3.80. The van der Waals surface area contributed by atoms with E-state index in [-0.39, 0.29) is 12.5 Å². The van der Waals surface area contributed by atoms with Gasteiger partial charge in [-0.25, -0.2) is 9.78 Å². The highest BCUT2D eigenvalue weighted by Crippen LogP contribution is 2.33. The van der Waals surface area contributed by atoms with Crippen LogP contribution in [0.15, 0.2) is 70.1 Å². The quantitative estimate of drug-likeness (QED) is 0.400. The molecule has 160 valence electrons. The van der Waals surface area contributed by atoms with Crippen molar-refractivity contribution in [2.75, 3.05) is 4.90 Å². The molecule has 2 aromatic carbocycles. The van der Waals surface area contributed by atoms with Crippen LogP contribution < -0.4 is 10.7 Å². The van der Waals surface area contributed by atoms with Gasteiger partial charge in [0.25, 0.3) is 0 Å². The molecule has 8 heteroatoms. The van der Waals surface area contributed by atoms with Crippen LogP contribution in [0, 0.1) is 13.8 Å². The van der Waals surface area contributed by atoms with E-state index in [9.17, 15) is 9.59 Å². The van der Waals surface area contributed by atoms with Crippen LogP contribution in [0.3, 0.4) is 0 Å². The minimum atomic E-state index is -0.559. The van der Waals surface area contributed by atoms with Gasteiger partial charge in [-0.2, -0.15) is 0 Å². The van der Waals surface area contributed by atoms with Crippen molar-refractivity contribution < 1.29 is 9.21 Å². The topological polar surface area (TPSA) is 81.2 Å². The van der Waals surface area contributed by atoms with E-state index in [4.69, 9.17) is 9.40 Å². The molecule has 5 aromatic rings. The number of thiazole rings is 1. The molecule has 0 N–H and O–H groups in total. The van der Waals surface area contributed by atoms with E-state index in [0.717, 1.165) is 26.9 Å². The predicted molar refractivity (Wildman–Crippen MR) is 125 cm³/mol. The lowest BCUT2D eigenvalue weighted by Gasteiger charge is -2.20. The molecule has 0 spiro atoms. The second kappa shape index (κ2) is 8.05. The third-order valence-corrected chi connectivity index (χ3v) is 6.50. The van der Waals surface area contributed by atoms with Crippen LogP contribution in [0.1, 0.15) is 16.7 Å². The molecule has 0 saturated heterocycles. The fraction of sp³-hybridized carbons (Fsp3) is 0.167. The van der Waals surface area contributed by atoms with Crippen LogP contribution in [0.5, 0.6) is 0 Å². The number of anilines is 1. The summed E-state index contributed by atoms with van der Waals surface area (Å²) in [6, 6.07) is 14.9. The Hall–Kier alpha value is -3.78. The molecule has 1 amide bonds. The number of benzene rings is 2. The standard InChI is InChI=1S/C24H20N4O3S/c1-15-10-16(2)22-18(11-15)26-23(32-22)28(13-17-6-5-9-25-12-17)21(29)14-27-19-7-3-4-8-20(19)31-24(27)30/h3-12H,13-14H2,1-2H3. The zero-order valence-corrected chi connectivity index (χ0v) is 18.4. The van der Waals surface area contributed by atoms with Crippen LogP contribution in [0.25, 0.3) is 21.3 Å². The van der Waals surface area contributed by atoms with Crippen LogP contribution in [0.4, 0.5) is 5.13 Å². The van der Waals surface area contributed by atoms with Crippen LogP contribution in [0.2, 0.25) is 0 Å². The van der Waals surface area contributed by atoms with Gasteiger partial charge in [-0.05, 0) is 54.8 Å². The van der Waals surface area contributed by atoms with Crippen molar-refractivity contribution in [1.29, 1.82) is 0 Å². The van der Waals surface area contributed by atoms with Crippen LogP contribution in [-0.4, -0.2) is 20.4 Å². The van der Waals surface area contributed by atoms with Crippen molar-refractivity contribution in [3.05, 3.63) is 88.2 Å². The maximum Gasteiger partial charge on any atom is 0.420 e. The predicted octanol–water partition coefficient (Wildman–Crippen LogP) is 4.45. The van der Waals surface area contributed by atoms with Gasteiger partial charge in [-0.1, -0.05) is 35.6 Å². The van der Waals surface area contributed by atoms with Crippen molar-refractivity contribution in [3.8, 4) is 0 Å². The van der Waals surface area contributed by atoms with E-state index in [1.807, 2.05) is 38.1 Å². The van der Waals surface area contributed by atoms with Gasteiger partial charge in [-0.15, -0.1) is 0 Å². The average molecular weight is 445 g/mol. The molecule has 0 aliphatic rings. The Kier molecular flexibility index (Phi) is 5.07. The summed E-state index contributed by atoms with van der Waals surface area (Å²) in [5, 5.41) is 0.586. The highest BCUT2D eigenvalue weighted by atomic mass is 32.1. The first-order valence-corrected chi connectivity index (χ1v) is 11.0. The number of oxazole rings is 1. The highest BCUT2D eigenvalue weighted by molar-refractivity contribution is 7.22. The van der Waals surface area contributed by atoms with Crippen LogP contribution >= 0.6 is 11.3 Å². The van der Waals surface area contributed by atoms with E-state index in [1.165, 1.54) is 15.9 Å². The molecular formula is C24H20N4O3S. The number of hydrogen-bond acceptors (Lipinski definition) is 6. The number of pyridine rings is 1. The summed E-state index contributed by atoms with van der Waals surface area (Å²) in [5.74, 6) is -0.812. The minimum Gasteiger partial charge on any atom is -0.408 e. The van der Waals surface area contributed by atoms with E-state index >= 15 is 0 Å². The summed E-state index contributed by atoms with van der Waals surface area (Å²) in [4.78, 5) is 36.5. The summed E-state index contributed by atoms with van der Waals surface area (Å²) in [5.41, 5.74) is 5.01. The molecular weight excluding hydrogens is 424 g/mol. The van der Waals surface area contributed by atoms with Crippen molar-refractivity contribution in [2.24, 2.45) is 0 Å². The van der Waals surface area contributed by atoms with Crippen molar-refractivity contribution in [3.63, 3.8) is 0 Å². The minimum absolute atomic E-state index is 0.149. The molecule has 0 saturated carbocycles. The molecule has 0 fully saturated rings. The molecule has 7 nitrogen and oxygen atoms in total. The molecule has 0 unspecified atom stereocenters. The van der Waals surface area contributed by atoms with Gasteiger partial charge < -0.3 is 4.42 Å². The molecule has 32 heavy (non-hydrogen) atoms. The van der Waals surface area contributed by atoms with E-state index in [2.05, 4.69) is 11.1 Å². The molecule has 5 rings (SSSR count). The molecule has 0 bridgehead atoms. The lowest BCUT2D eigenvalue weighted by molar-refractivity contribution is -0.119. The lowest BCUT2D eigenvalue weighted by Crippen LogP contribution is -2.35. The fourth-order valence-corrected chi connectivity index (χ4v) is 4.83.